The molecule has 1 aliphatic rings. The summed E-state index contributed by atoms with van der Waals surface area (Å²) in [5.74, 6) is 0.0891. The zero-order chi connectivity index (χ0) is 18.4. The second-order valence-electron chi connectivity index (χ2n) is 6.08. The van der Waals surface area contributed by atoms with Crippen molar-refractivity contribution >= 4 is 22.8 Å². The molecule has 4 atom stereocenters. The molecule has 1 amide bonds. The lowest BCUT2D eigenvalue weighted by atomic mass is 9.96. The number of anilines is 1. The van der Waals surface area contributed by atoms with E-state index in [0.29, 0.717) is 22.4 Å². The molecule has 2 aromatic heterocycles. The fourth-order valence-electron chi connectivity index (χ4n) is 3.15. The molecule has 1 saturated heterocycles. The third-order valence-electron chi connectivity index (χ3n) is 4.51. The first kappa shape index (κ1) is 17.5. The smallest absolute Gasteiger partial charge is 0.253 e. The highest BCUT2D eigenvalue weighted by Crippen LogP contribution is 2.41. The second kappa shape index (κ2) is 6.23. The molecule has 1 aliphatic heterocycles. The van der Waals surface area contributed by atoms with Crippen LogP contribution in [0.4, 0.5) is 5.82 Å². The first-order valence-electron chi connectivity index (χ1n) is 7.78. The molecule has 0 spiro atoms. The Morgan fingerprint density at radius 2 is 2.16 bits per heavy atom. The van der Waals surface area contributed by atoms with E-state index in [1.54, 1.807) is 7.05 Å². The number of nitrogens with one attached hydrogen (secondary N) is 2. The fraction of sp³-hybridized carbons (Fsp3) is 0.533. The number of nitrogens with zero attached hydrogens (tertiary/aromatic N) is 3. The van der Waals surface area contributed by atoms with Crippen LogP contribution in [-0.2, 0) is 4.74 Å². The molecule has 3 rings (SSSR count). The van der Waals surface area contributed by atoms with E-state index in [1.165, 1.54) is 31.1 Å². The third-order valence-corrected chi connectivity index (χ3v) is 4.51. The SMILES string of the molecule is CNC(=O)c1cn(C2O[C@H](CO)[C@@H](O)[C@@]2(C)O)c2ncnc(NC)c12. The Labute approximate surface area is 143 Å². The Bertz CT molecular complexity index is 805. The summed E-state index contributed by atoms with van der Waals surface area (Å²) in [4.78, 5) is 20.6. The first-order chi connectivity index (χ1) is 11.9. The molecule has 2 aromatic rings. The minimum Gasteiger partial charge on any atom is -0.394 e. The van der Waals surface area contributed by atoms with E-state index < -0.39 is 30.6 Å². The summed E-state index contributed by atoms with van der Waals surface area (Å²) < 4.78 is 7.11. The van der Waals surface area contributed by atoms with Gasteiger partial charge in [0, 0.05) is 20.3 Å². The van der Waals surface area contributed by atoms with Crippen LogP contribution in [0, 0.1) is 0 Å². The highest BCUT2D eigenvalue weighted by atomic mass is 16.6. The number of hydrogen-bond donors (Lipinski definition) is 5. The molecule has 1 unspecified atom stereocenters. The summed E-state index contributed by atoms with van der Waals surface area (Å²) in [6.07, 6.45) is -0.479. The molecular formula is C15H21N5O5. The summed E-state index contributed by atoms with van der Waals surface area (Å²) in [6.45, 7) is 0.954. The van der Waals surface area contributed by atoms with Gasteiger partial charge >= 0.3 is 0 Å². The maximum absolute atomic E-state index is 12.3. The summed E-state index contributed by atoms with van der Waals surface area (Å²) in [5.41, 5.74) is -1.04. The first-order valence-corrected chi connectivity index (χ1v) is 7.78. The van der Waals surface area contributed by atoms with Crippen LogP contribution in [-0.4, -0.2) is 74.3 Å². The number of carbonyl (C=O) groups excluding carboxylic acids is 1. The lowest BCUT2D eigenvalue weighted by Crippen LogP contribution is -2.44. The van der Waals surface area contributed by atoms with Gasteiger partial charge in [-0.1, -0.05) is 0 Å². The standard InChI is InChI=1S/C15H21N5O5/c1-15(24)10(22)8(5-21)25-14(15)20-4-7(13(23)17-3)9-11(16-2)18-6-19-12(9)20/h4,6,8,10,14,21-22,24H,5H2,1-3H3,(H,17,23)(H,16,18,19)/t8-,10-,14?,15-/m1/s1. The van der Waals surface area contributed by atoms with Gasteiger partial charge in [0.2, 0.25) is 0 Å². The number of fused-ring (bicyclic) bond motifs is 1. The molecular weight excluding hydrogens is 330 g/mol. The zero-order valence-corrected chi connectivity index (χ0v) is 14.1. The van der Waals surface area contributed by atoms with Crippen molar-refractivity contribution in [2.24, 2.45) is 0 Å². The van der Waals surface area contributed by atoms with Crippen molar-refractivity contribution in [3.63, 3.8) is 0 Å². The van der Waals surface area contributed by atoms with Crippen molar-refractivity contribution in [1.82, 2.24) is 19.9 Å². The van der Waals surface area contributed by atoms with Crippen molar-refractivity contribution in [3.8, 4) is 0 Å². The maximum atomic E-state index is 12.3. The van der Waals surface area contributed by atoms with Crippen LogP contribution in [0.3, 0.4) is 0 Å². The van der Waals surface area contributed by atoms with Crippen molar-refractivity contribution in [3.05, 3.63) is 18.1 Å². The normalized spacial score (nSPS) is 29.1. The number of carbonyl (C=O) groups is 1. The summed E-state index contributed by atoms with van der Waals surface area (Å²) >= 11 is 0. The number of hydrogen-bond acceptors (Lipinski definition) is 8. The van der Waals surface area contributed by atoms with Crippen LogP contribution < -0.4 is 10.6 Å². The molecule has 1 fully saturated rings. The molecule has 10 heteroatoms. The topological polar surface area (TPSA) is 142 Å². The van der Waals surface area contributed by atoms with Gasteiger partial charge in [0.25, 0.3) is 5.91 Å². The predicted molar refractivity (Wildman–Crippen MR) is 88.1 cm³/mol. The van der Waals surface area contributed by atoms with E-state index in [9.17, 15) is 20.1 Å². The average molecular weight is 351 g/mol. The monoisotopic (exact) mass is 351 g/mol. The highest BCUT2D eigenvalue weighted by molar-refractivity contribution is 6.09. The molecule has 0 saturated carbocycles. The van der Waals surface area contributed by atoms with E-state index in [2.05, 4.69) is 20.6 Å². The van der Waals surface area contributed by atoms with Gasteiger partial charge in [0.05, 0.1) is 17.6 Å². The Hall–Kier alpha value is -2.27. The Kier molecular flexibility index (Phi) is 4.37. The Balaban J connectivity index is 2.22. The van der Waals surface area contributed by atoms with Crippen molar-refractivity contribution < 1.29 is 24.9 Å². The van der Waals surface area contributed by atoms with Gasteiger partial charge in [-0.05, 0) is 6.92 Å². The maximum Gasteiger partial charge on any atom is 0.253 e. The highest BCUT2D eigenvalue weighted by Gasteiger charge is 2.53. The molecule has 5 N–H and O–H groups in total. The summed E-state index contributed by atoms with van der Waals surface area (Å²) in [7, 11) is 3.17. The van der Waals surface area contributed by atoms with Crippen molar-refractivity contribution in [1.29, 1.82) is 0 Å². The molecule has 10 nitrogen and oxygen atoms in total. The van der Waals surface area contributed by atoms with Gasteiger partial charge in [-0.3, -0.25) is 4.79 Å². The van der Waals surface area contributed by atoms with Gasteiger partial charge < -0.3 is 35.3 Å². The van der Waals surface area contributed by atoms with Crippen LogP contribution in [0.25, 0.3) is 11.0 Å². The number of aliphatic hydroxyl groups excluding tert-OH is 2. The summed E-state index contributed by atoms with van der Waals surface area (Å²) in [5, 5.41) is 36.2. The Morgan fingerprint density at radius 1 is 1.44 bits per heavy atom. The molecule has 0 radical (unpaired) electrons. The van der Waals surface area contributed by atoms with E-state index in [4.69, 9.17) is 4.74 Å². The minimum absolute atomic E-state index is 0.295. The van der Waals surface area contributed by atoms with Crippen LogP contribution in [0.2, 0.25) is 0 Å². The van der Waals surface area contributed by atoms with Crippen LogP contribution in [0.5, 0.6) is 0 Å². The lowest BCUT2D eigenvalue weighted by Gasteiger charge is -2.27. The Morgan fingerprint density at radius 3 is 2.72 bits per heavy atom. The van der Waals surface area contributed by atoms with Crippen LogP contribution in [0.15, 0.2) is 12.5 Å². The molecule has 3 heterocycles. The number of aliphatic hydroxyl groups is 3. The predicted octanol–water partition coefficient (Wildman–Crippen LogP) is -1.17. The van der Waals surface area contributed by atoms with Crippen molar-refractivity contribution in [2.75, 3.05) is 26.0 Å². The van der Waals surface area contributed by atoms with E-state index in [0.717, 1.165) is 0 Å². The van der Waals surface area contributed by atoms with Gasteiger partial charge in [-0.25, -0.2) is 9.97 Å². The van der Waals surface area contributed by atoms with Crippen LogP contribution in [0.1, 0.15) is 23.5 Å². The zero-order valence-electron chi connectivity index (χ0n) is 14.1. The summed E-state index contributed by atoms with van der Waals surface area (Å²) in [6, 6.07) is 0. The minimum atomic E-state index is -1.69. The molecule has 25 heavy (non-hydrogen) atoms. The quantitative estimate of drug-likeness (QED) is 0.464. The van der Waals surface area contributed by atoms with Crippen molar-refractivity contribution in [2.45, 2.75) is 31.0 Å². The second-order valence-corrected chi connectivity index (χ2v) is 6.08. The van der Waals surface area contributed by atoms with Gasteiger partial charge in [-0.15, -0.1) is 0 Å². The largest absolute Gasteiger partial charge is 0.394 e. The molecule has 136 valence electrons. The number of ether oxygens (including phenoxy) is 1. The molecule has 0 aromatic carbocycles. The van der Waals surface area contributed by atoms with Gasteiger partial charge in [-0.2, -0.15) is 0 Å². The third kappa shape index (κ3) is 2.54. The molecule has 0 aliphatic carbocycles. The lowest BCUT2D eigenvalue weighted by molar-refractivity contribution is -0.0948. The number of aromatic nitrogens is 3. The van der Waals surface area contributed by atoms with Crippen LogP contribution >= 0.6 is 0 Å². The fourth-order valence-corrected chi connectivity index (χ4v) is 3.15. The average Bonchev–Trinajstić information content (AvgIpc) is 3.10. The van der Waals surface area contributed by atoms with E-state index in [1.807, 2.05) is 0 Å². The number of amides is 1. The molecule has 0 bridgehead atoms. The van der Waals surface area contributed by atoms with E-state index >= 15 is 0 Å². The van der Waals surface area contributed by atoms with E-state index in [-0.39, 0.29) is 5.91 Å². The van der Waals surface area contributed by atoms with Gasteiger partial charge in [0.1, 0.15) is 35.6 Å². The number of rotatable bonds is 4. The van der Waals surface area contributed by atoms with Gasteiger partial charge in [0.15, 0.2) is 6.23 Å².